The first kappa shape index (κ1) is 18.3. The minimum atomic E-state index is -2.91. The van der Waals surface area contributed by atoms with Crippen LogP contribution in [-0.2, 0) is 14.4 Å². The Labute approximate surface area is 149 Å². The van der Waals surface area contributed by atoms with Crippen molar-refractivity contribution in [3.05, 3.63) is 24.3 Å². The van der Waals surface area contributed by atoms with Crippen molar-refractivity contribution in [1.29, 1.82) is 0 Å². The van der Waals surface area contributed by atoms with Gasteiger partial charge in [0.15, 0.2) is 0 Å². The molecule has 0 unspecified atom stereocenters. The molecule has 3 rings (SSSR count). The van der Waals surface area contributed by atoms with E-state index in [1.54, 1.807) is 0 Å². The van der Waals surface area contributed by atoms with Crippen LogP contribution in [0.3, 0.4) is 0 Å². The number of rotatable bonds is 6. The number of anilines is 1. The first-order valence-electron chi connectivity index (χ1n) is 8.65. The topological polar surface area (TPSA) is 75.7 Å². The van der Waals surface area contributed by atoms with Gasteiger partial charge in [-0.25, -0.2) is 0 Å². The number of likely N-dealkylation sites (tertiary alicyclic amines) is 1. The van der Waals surface area contributed by atoms with Crippen molar-refractivity contribution >= 4 is 23.4 Å². The number of carbonyl (C=O) groups excluding carboxylic acids is 3. The van der Waals surface area contributed by atoms with Crippen LogP contribution in [0.5, 0.6) is 5.75 Å². The summed E-state index contributed by atoms with van der Waals surface area (Å²) in [7, 11) is 0. The Hall–Kier alpha value is -2.51. The fraction of sp³-hybridized carbons (Fsp3) is 0.500. The Morgan fingerprint density at radius 3 is 2.23 bits per heavy atom. The Kier molecular flexibility index (Phi) is 5.49. The van der Waals surface area contributed by atoms with E-state index in [2.05, 4.69) is 10.1 Å². The maximum absolute atomic E-state index is 12.3. The summed E-state index contributed by atoms with van der Waals surface area (Å²) in [5, 5.41) is 2.61. The second-order valence-corrected chi connectivity index (χ2v) is 6.53. The van der Waals surface area contributed by atoms with Gasteiger partial charge in [-0.05, 0) is 37.1 Å². The molecule has 0 aromatic heterocycles. The lowest BCUT2D eigenvalue weighted by atomic mass is 9.81. The molecular formula is C18H20F2N2O4. The van der Waals surface area contributed by atoms with Gasteiger partial charge in [-0.15, -0.1) is 0 Å². The van der Waals surface area contributed by atoms with Crippen LogP contribution in [0.15, 0.2) is 24.3 Å². The molecule has 1 saturated carbocycles. The minimum absolute atomic E-state index is 0.00568. The molecule has 1 aliphatic heterocycles. The van der Waals surface area contributed by atoms with Crippen molar-refractivity contribution in [3.63, 3.8) is 0 Å². The second kappa shape index (κ2) is 7.80. The molecule has 2 aliphatic rings. The third kappa shape index (κ3) is 4.00. The lowest BCUT2D eigenvalue weighted by molar-refractivity contribution is -0.140. The number of alkyl halides is 2. The van der Waals surface area contributed by atoms with Gasteiger partial charge in [0, 0.05) is 18.7 Å². The van der Waals surface area contributed by atoms with Crippen LogP contribution in [0.4, 0.5) is 14.5 Å². The van der Waals surface area contributed by atoms with Crippen LogP contribution in [0, 0.1) is 11.8 Å². The van der Waals surface area contributed by atoms with Gasteiger partial charge in [-0.3, -0.25) is 19.3 Å². The van der Waals surface area contributed by atoms with Crippen molar-refractivity contribution < 1.29 is 27.9 Å². The fourth-order valence-electron chi connectivity index (χ4n) is 3.61. The van der Waals surface area contributed by atoms with Gasteiger partial charge in [-0.2, -0.15) is 8.78 Å². The molecule has 1 saturated heterocycles. The molecule has 1 N–H and O–H groups in total. The van der Waals surface area contributed by atoms with Gasteiger partial charge in [-0.1, -0.05) is 12.8 Å². The van der Waals surface area contributed by atoms with Crippen molar-refractivity contribution in [2.45, 2.75) is 38.7 Å². The molecule has 8 heteroatoms. The Morgan fingerprint density at radius 2 is 1.69 bits per heavy atom. The number of fused-ring (bicyclic) bond motifs is 1. The molecule has 1 aromatic rings. The molecule has 2 fully saturated rings. The largest absolute Gasteiger partial charge is 0.435 e. The number of hydrogen-bond acceptors (Lipinski definition) is 4. The van der Waals surface area contributed by atoms with Crippen molar-refractivity contribution in [2.24, 2.45) is 11.8 Å². The van der Waals surface area contributed by atoms with E-state index in [9.17, 15) is 23.2 Å². The van der Waals surface area contributed by atoms with Gasteiger partial charge in [0.2, 0.25) is 17.7 Å². The Balaban J connectivity index is 1.51. The monoisotopic (exact) mass is 366 g/mol. The summed E-state index contributed by atoms with van der Waals surface area (Å²) < 4.78 is 28.4. The molecule has 6 nitrogen and oxygen atoms in total. The van der Waals surface area contributed by atoms with Gasteiger partial charge < -0.3 is 10.1 Å². The van der Waals surface area contributed by atoms with Gasteiger partial charge in [0.05, 0.1) is 11.8 Å². The van der Waals surface area contributed by atoms with E-state index < -0.39 is 6.61 Å². The predicted molar refractivity (Wildman–Crippen MR) is 88.5 cm³/mol. The molecule has 3 amide bonds. The van der Waals surface area contributed by atoms with E-state index in [0.717, 1.165) is 25.7 Å². The number of nitrogens with one attached hydrogen (secondary N) is 1. The molecule has 1 aromatic carbocycles. The van der Waals surface area contributed by atoms with Crippen molar-refractivity contribution in [1.82, 2.24) is 4.90 Å². The third-order valence-electron chi connectivity index (χ3n) is 4.86. The summed E-state index contributed by atoms with van der Waals surface area (Å²) in [4.78, 5) is 37.9. The highest BCUT2D eigenvalue weighted by Crippen LogP contribution is 2.37. The van der Waals surface area contributed by atoms with Crippen molar-refractivity contribution in [3.8, 4) is 5.75 Å². The summed E-state index contributed by atoms with van der Waals surface area (Å²) >= 11 is 0. The summed E-state index contributed by atoms with van der Waals surface area (Å²) in [6.07, 6.45) is 3.39. The number of halogens is 2. The summed E-state index contributed by atoms with van der Waals surface area (Å²) in [5.74, 6) is -1.14. The Bertz CT molecular complexity index is 669. The van der Waals surface area contributed by atoms with E-state index in [1.165, 1.54) is 29.2 Å². The minimum Gasteiger partial charge on any atom is -0.435 e. The zero-order valence-corrected chi connectivity index (χ0v) is 14.1. The number of ether oxygens (including phenoxy) is 1. The predicted octanol–water partition coefficient (Wildman–Crippen LogP) is 2.79. The highest BCUT2D eigenvalue weighted by atomic mass is 19.3. The number of benzene rings is 1. The molecule has 1 heterocycles. The SMILES string of the molecule is O=C(CCN1C(=O)[C@@H]2CCCC[C@H]2C1=O)Nc1ccc(OC(F)F)cc1. The van der Waals surface area contributed by atoms with Crippen LogP contribution in [-0.4, -0.2) is 35.8 Å². The quantitative estimate of drug-likeness (QED) is 0.786. The van der Waals surface area contributed by atoms with E-state index in [1.807, 2.05) is 0 Å². The second-order valence-electron chi connectivity index (χ2n) is 6.53. The average Bonchev–Trinajstić information content (AvgIpc) is 2.86. The number of imide groups is 1. The normalized spacial score (nSPS) is 22.5. The number of hydrogen-bond donors (Lipinski definition) is 1. The lowest BCUT2D eigenvalue weighted by Gasteiger charge is -2.19. The zero-order valence-electron chi connectivity index (χ0n) is 14.1. The van der Waals surface area contributed by atoms with Gasteiger partial charge >= 0.3 is 6.61 Å². The molecule has 26 heavy (non-hydrogen) atoms. The average molecular weight is 366 g/mol. The van der Waals surface area contributed by atoms with E-state index in [0.29, 0.717) is 5.69 Å². The molecular weight excluding hydrogens is 346 g/mol. The summed E-state index contributed by atoms with van der Waals surface area (Å²) in [5.41, 5.74) is 0.421. The van der Waals surface area contributed by atoms with E-state index in [-0.39, 0.29) is 48.3 Å². The van der Waals surface area contributed by atoms with Gasteiger partial charge in [0.25, 0.3) is 0 Å². The van der Waals surface area contributed by atoms with Gasteiger partial charge in [0.1, 0.15) is 5.75 Å². The number of amides is 3. The first-order chi connectivity index (χ1) is 12.5. The fourth-order valence-corrected chi connectivity index (χ4v) is 3.61. The van der Waals surface area contributed by atoms with Crippen molar-refractivity contribution in [2.75, 3.05) is 11.9 Å². The highest BCUT2D eigenvalue weighted by Gasteiger charge is 2.47. The van der Waals surface area contributed by atoms with Crippen LogP contribution in [0.25, 0.3) is 0 Å². The van der Waals surface area contributed by atoms with Crippen LogP contribution < -0.4 is 10.1 Å². The molecule has 0 spiro atoms. The number of carbonyl (C=O) groups is 3. The smallest absolute Gasteiger partial charge is 0.387 e. The molecule has 1 aliphatic carbocycles. The van der Waals surface area contributed by atoms with E-state index >= 15 is 0 Å². The molecule has 2 atom stereocenters. The lowest BCUT2D eigenvalue weighted by Crippen LogP contribution is -2.34. The van der Waals surface area contributed by atoms with E-state index in [4.69, 9.17) is 0 Å². The Morgan fingerprint density at radius 1 is 1.12 bits per heavy atom. The summed E-state index contributed by atoms with van der Waals surface area (Å²) in [6.45, 7) is -2.85. The maximum atomic E-state index is 12.3. The van der Waals surface area contributed by atoms with Crippen LogP contribution in [0.2, 0.25) is 0 Å². The van der Waals surface area contributed by atoms with Crippen LogP contribution in [0.1, 0.15) is 32.1 Å². The van der Waals surface area contributed by atoms with Crippen LogP contribution >= 0.6 is 0 Å². The molecule has 140 valence electrons. The number of nitrogens with zero attached hydrogens (tertiary/aromatic N) is 1. The maximum Gasteiger partial charge on any atom is 0.387 e. The molecule has 0 bridgehead atoms. The molecule has 0 radical (unpaired) electrons. The standard InChI is InChI=1S/C18H20F2N2O4/c19-18(20)26-12-7-5-11(6-8-12)21-15(23)9-10-22-16(24)13-3-1-2-4-14(13)17(22)25/h5-8,13-14,18H,1-4,9-10H2,(H,21,23)/t13-,14-/m1/s1. The first-order valence-corrected chi connectivity index (χ1v) is 8.65. The third-order valence-corrected chi connectivity index (χ3v) is 4.86. The summed E-state index contributed by atoms with van der Waals surface area (Å²) in [6, 6.07) is 5.52. The highest BCUT2D eigenvalue weighted by molar-refractivity contribution is 6.05. The zero-order chi connectivity index (χ0) is 18.7.